The van der Waals surface area contributed by atoms with E-state index in [1.165, 1.54) is 0 Å². The van der Waals surface area contributed by atoms with Gasteiger partial charge in [-0.2, -0.15) is 0 Å². The van der Waals surface area contributed by atoms with Gasteiger partial charge in [0, 0.05) is 19.7 Å². The summed E-state index contributed by atoms with van der Waals surface area (Å²) < 4.78 is 9.86. The molecule has 1 aromatic rings. The Morgan fingerprint density at radius 1 is 1.70 bits per heavy atom. The van der Waals surface area contributed by atoms with Crippen molar-refractivity contribution in [3.8, 4) is 0 Å². The molecule has 6 nitrogen and oxygen atoms in total. The molecule has 2 atom stereocenters. The third kappa shape index (κ3) is 3.80. The van der Waals surface area contributed by atoms with Crippen LogP contribution in [0.1, 0.15) is 48.9 Å². The lowest BCUT2D eigenvalue weighted by atomic mass is 9.79. The molecule has 0 aromatic carbocycles. The first-order chi connectivity index (χ1) is 9.52. The fraction of sp³-hybridized carbons (Fsp3) is 0.714. The second kappa shape index (κ2) is 6.37. The zero-order valence-corrected chi connectivity index (χ0v) is 12.0. The summed E-state index contributed by atoms with van der Waals surface area (Å²) in [6, 6.07) is 1.55. The number of methoxy groups -OCH3 is 1. The minimum absolute atomic E-state index is 0.213. The number of ether oxygens (including phenoxy) is 1. The third-order valence-corrected chi connectivity index (χ3v) is 3.72. The predicted octanol–water partition coefficient (Wildman–Crippen LogP) is 1.49. The van der Waals surface area contributed by atoms with Crippen LogP contribution in [0.2, 0.25) is 0 Å². The number of nitrogens with zero attached hydrogens (tertiary/aromatic N) is 1. The Balaban J connectivity index is 1.87. The van der Waals surface area contributed by atoms with E-state index in [1.807, 2.05) is 0 Å². The van der Waals surface area contributed by atoms with Crippen LogP contribution < -0.4 is 5.32 Å². The number of hydrogen-bond acceptors (Lipinski definition) is 5. The second-order valence-electron chi connectivity index (χ2n) is 5.72. The Kier molecular flexibility index (Phi) is 4.77. The molecule has 2 unspecified atom stereocenters. The van der Waals surface area contributed by atoms with Crippen LogP contribution in [0.4, 0.5) is 0 Å². The maximum Gasteiger partial charge on any atom is 0.273 e. The highest BCUT2D eigenvalue weighted by Crippen LogP contribution is 2.31. The molecule has 0 spiro atoms. The van der Waals surface area contributed by atoms with Crippen LogP contribution in [0.3, 0.4) is 0 Å². The average molecular weight is 282 g/mol. The van der Waals surface area contributed by atoms with E-state index in [0.717, 1.165) is 25.7 Å². The van der Waals surface area contributed by atoms with E-state index in [2.05, 4.69) is 17.4 Å². The molecule has 1 amide bonds. The molecular formula is C14H22N2O4. The molecule has 0 aliphatic heterocycles. The number of hydrogen-bond donors (Lipinski definition) is 2. The van der Waals surface area contributed by atoms with Gasteiger partial charge in [-0.15, -0.1) is 0 Å². The molecule has 1 aliphatic carbocycles. The Bertz CT molecular complexity index is 460. The highest BCUT2D eigenvalue weighted by Gasteiger charge is 2.33. The van der Waals surface area contributed by atoms with Crippen LogP contribution in [0.5, 0.6) is 0 Å². The third-order valence-electron chi connectivity index (χ3n) is 3.72. The van der Waals surface area contributed by atoms with Gasteiger partial charge in [0.15, 0.2) is 11.5 Å². The monoisotopic (exact) mass is 282 g/mol. The molecule has 1 saturated carbocycles. The topological polar surface area (TPSA) is 84.6 Å². The van der Waals surface area contributed by atoms with Crippen LogP contribution in [-0.4, -0.2) is 35.4 Å². The molecule has 112 valence electrons. The van der Waals surface area contributed by atoms with Crippen molar-refractivity contribution in [2.75, 3.05) is 13.7 Å². The molecule has 20 heavy (non-hydrogen) atoms. The minimum Gasteiger partial charge on any atom is -0.388 e. The van der Waals surface area contributed by atoms with Crippen molar-refractivity contribution in [3.63, 3.8) is 0 Å². The summed E-state index contributed by atoms with van der Waals surface area (Å²) >= 11 is 0. The lowest BCUT2D eigenvalue weighted by Crippen LogP contribution is -2.45. The van der Waals surface area contributed by atoms with Gasteiger partial charge in [0.2, 0.25) is 0 Å². The summed E-state index contributed by atoms with van der Waals surface area (Å²) in [5.74, 6) is 0.663. The number of amides is 1. The fourth-order valence-corrected chi connectivity index (χ4v) is 2.76. The molecular weight excluding hydrogens is 260 g/mol. The number of carbonyl (C=O) groups excluding carboxylic acids is 1. The molecule has 0 bridgehead atoms. The number of nitrogens with one attached hydrogen (secondary N) is 1. The van der Waals surface area contributed by atoms with Gasteiger partial charge in [-0.05, 0) is 18.8 Å². The van der Waals surface area contributed by atoms with E-state index in [9.17, 15) is 9.90 Å². The van der Waals surface area contributed by atoms with Crippen LogP contribution in [0.15, 0.2) is 10.6 Å². The summed E-state index contributed by atoms with van der Waals surface area (Å²) in [5.41, 5.74) is -0.587. The minimum atomic E-state index is -0.799. The molecule has 0 saturated heterocycles. The highest BCUT2D eigenvalue weighted by atomic mass is 16.5. The van der Waals surface area contributed by atoms with E-state index in [-0.39, 0.29) is 24.8 Å². The summed E-state index contributed by atoms with van der Waals surface area (Å²) in [4.78, 5) is 11.9. The molecule has 0 radical (unpaired) electrons. The van der Waals surface area contributed by atoms with Gasteiger partial charge in [0.1, 0.15) is 6.61 Å². The fourth-order valence-electron chi connectivity index (χ4n) is 2.76. The van der Waals surface area contributed by atoms with Crippen molar-refractivity contribution in [1.29, 1.82) is 0 Å². The van der Waals surface area contributed by atoms with Crippen LogP contribution in [-0.2, 0) is 11.3 Å². The first-order valence-corrected chi connectivity index (χ1v) is 6.97. The van der Waals surface area contributed by atoms with Crippen LogP contribution in [0, 0.1) is 5.92 Å². The summed E-state index contributed by atoms with van der Waals surface area (Å²) in [6.45, 7) is 2.66. The van der Waals surface area contributed by atoms with Crippen molar-refractivity contribution in [3.05, 3.63) is 17.5 Å². The highest BCUT2D eigenvalue weighted by molar-refractivity contribution is 5.92. The van der Waals surface area contributed by atoms with Gasteiger partial charge in [-0.25, -0.2) is 0 Å². The van der Waals surface area contributed by atoms with Gasteiger partial charge in [0.25, 0.3) is 5.91 Å². The Hall–Kier alpha value is -1.40. The largest absolute Gasteiger partial charge is 0.388 e. The number of aromatic nitrogens is 1. The van der Waals surface area contributed by atoms with Gasteiger partial charge >= 0.3 is 0 Å². The van der Waals surface area contributed by atoms with Crippen molar-refractivity contribution >= 4 is 5.91 Å². The van der Waals surface area contributed by atoms with E-state index in [0.29, 0.717) is 11.7 Å². The molecule has 6 heteroatoms. The zero-order chi connectivity index (χ0) is 14.6. The van der Waals surface area contributed by atoms with E-state index < -0.39 is 5.60 Å². The van der Waals surface area contributed by atoms with Gasteiger partial charge < -0.3 is 19.7 Å². The van der Waals surface area contributed by atoms with Gasteiger partial charge in [-0.3, -0.25) is 4.79 Å². The van der Waals surface area contributed by atoms with Gasteiger partial charge in [0.05, 0.1) is 5.60 Å². The maximum atomic E-state index is 11.9. The van der Waals surface area contributed by atoms with Crippen LogP contribution in [0.25, 0.3) is 0 Å². The normalized spacial score (nSPS) is 26.4. The molecule has 1 aliphatic rings. The SMILES string of the molecule is COCc1cc(C(=O)NCC2(O)CCCC(C)C2)no1. The molecule has 2 N–H and O–H groups in total. The molecule has 1 aromatic heterocycles. The smallest absolute Gasteiger partial charge is 0.273 e. The van der Waals surface area contributed by atoms with Crippen LogP contribution >= 0.6 is 0 Å². The van der Waals surface area contributed by atoms with Gasteiger partial charge in [-0.1, -0.05) is 24.9 Å². The van der Waals surface area contributed by atoms with Crippen molar-refractivity contribution in [1.82, 2.24) is 10.5 Å². The lowest BCUT2D eigenvalue weighted by molar-refractivity contribution is -0.0110. The number of rotatable bonds is 5. The molecule has 2 rings (SSSR count). The zero-order valence-electron chi connectivity index (χ0n) is 12.0. The predicted molar refractivity (Wildman–Crippen MR) is 72.1 cm³/mol. The number of aliphatic hydroxyl groups is 1. The first-order valence-electron chi connectivity index (χ1n) is 6.97. The standard InChI is InChI=1S/C14H22N2O4/c1-10-4-3-5-14(18,7-10)9-15-13(17)12-6-11(8-19-2)20-16-12/h6,10,18H,3-5,7-9H2,1-2H3,(H,15,17). The maximum absolute atomic E-state index is 11.9. The van der Waals surface area contributed by atoms with E-state index in [4.69, 9.17) is 9.26 Å². The van der Waals surface area contributed by atoms with Crippen molar-refractivity contribution in [2.45, 2.75) is 44.8 Å². The first kappa shape index (κ1) is 15.0. The Labute approximate surface area is 118 Å². The average Bonchev–Trinajstić information content (AvgIpc) is 2.85. The van der Waals surface area contributed by atoms with E-state index in [1.54, 1.807) is 13.2 Å². The molecule has 1 heterocycles. The van der Waals surface area contributed by atoms with Crippen molar-refractivity contribution < 1.29 is 19.2 Å². The number of carbonyl (C=O) groups is 1. The Morgan fingerprint density at radius 3 is 3.20 bits per heavy atom. The van der Waals surface area contributed by atoms with E-state index >= 15 is 0 Å². The van der Waals surface area contributed by atoms with Crippen molar-refractivity contribution in [2.24, 2.45) is 5.92 Å². The Morgan fingerprint density at radius 2 is 2.50 bits per heavy atom. The second-order valence-corrected chi connectivity index (χ2v) is 5.72. The lowest BCUT2D eigenvalue weighted by Gasteiger charge is -2.35. The molecule has 1 fully saturated rings. The summed E-state index contributed by atoms with van der Waals surface area (Å²) in [5, 5.41) is 16.9. The quantitative estimate of drug-likeness (QED) is 0.854. The summed E-state index contributed by atoms with van der Waals surface area (Å²) in [6.07, 6.45) is 3.59. The summed E-state index contributed by atoms with van der Waals surface area (Å²) in [7, 11) is 1.54.